The average Bonchev–Trinajstić information content (AvgIpc) is 2.75. The molecule has 0 aliphatic heterocycles. The second-order valence-corrected chi connectivity index (χ2v) is 9.04. The molecule has 31 heavy (non-hydrogen) atoms. The number of rotatable bonds is 20. The fraction of sp³-hybridized carbons (Fsp3) is 0.741. The molecule has 0 saturated heterocycles. The number of benzene rings is 1. The Balaban J connectivity index is 1.89. The van der Waals surface area contributed by atoms with Gasteiger partial charge in [0.1, 0.15) is 5.56 Å². The maximum Gasteiger partial charge on any atom is 0.339 e. The van der Waals surface area contributed by atoms with Crippen LogP contribution in [0.3, 0.4) is 0 Å². The molecule has 4 heteroatoms. The highest BCUT2D eigenvalue weighted by Gasteiger charge is 2.16. The Morgan fingerprint density at radius 1 is 0.613 bits per heavy atom. The van der Waals surface area contributed by atoms with E-state index in [1.165, 1.54) is 109 Å². The predicted octanol–water partition coefficient (Wildman–Crippen LogP) is 8.38. The summed E-state index contributed by atoms with van der Waals surface area (Å²) in [6.45, 7) is 2.27. The van der Waals surface area contributed by atoms with E-state index in [0.29, 0.717) is 12.0 Å². The van der Waals surface area contributed by atoms with E-state index in [1.54, 1.807) is 6.07 Å². The number of hydrogen-bond acceptors (Lipinski definition) is 3. The highest BCUT2D eigenvalue weighted by atomic mass is 16.4. The lowest BCUT2D eigenvalue weighted by Crippen LogP contribution is -1.98. The summed E-state index contributed by atoms with van der Waals surface area (Å²) < 4.78 is 0. The van der Waals surface area contributed by atoms with Crippen molar-refractivity contribution in [1.82, 2.24) is 0 Å². The average molecular weight is 435 g/mol. The number of aromatic hydroxyl groups is 2. The van der Waals surface area contributed by atoms with Gasteiger partial charge >= 0.3 is 5.97 Å². The van der Waals surface area contributed by atoms with Crippen LogP contribution in [0.5, 0.6) is 11.5 Å². The Labute approximate surface area is 190 Å². The molecule has 4 nitrogen and oxygen atoms in total. The Kier molecular flexibility index (Phi) is 15.8. The van der Waals surface area contributed by atoms with E-state index in [0.717, 1.165) is 12.8 Å². The zero-order valence-electron chi connectivity index (χ0n) is 19.8. The van der Waals surface area contributed by atoms with Crippen LogP contribution in [0.4, 0.5) is 0 Å². The van der Waals surface area contributed by atoms with Crippen molar-refractivity contribution in [3.05, 3.63) is 23.3 Å². The summed E-state index contributed by atoms with van der Waals surface area (Å²) in [5.74, 6) is -2.04. The van der Waals surface area contributed by atoms with Gasteiger partial charge in [-0.1, -0.05) is 122 Å². The number of carboxylic acid groups (broad SMARTS) is 1. The first-order valence-electron chi connectivity index (χ1n) is 12.8. The van der Waals surface area contributed by atoms with Gasteiger partial charge in [0.2, 0.25) is 0 Å². The number of unbranched alkanes of at least 4 members (excludes halogenated alkanes) is 17. The summed E-state index contributed by atoms with van der Waals surface area (Å²) in [7, 11) is 0. The van der Waals surface area contributed by atoms with E-state index in [4.69, 9.17) is 5.11 Å². The van der Waals surface area contributed by atoms with E-state index in [9.17, 15) is 15.0 Å². The Hall–Kier alpha value is -1.71. The van der Waals surface area contributed by atoms with Gasteiger partial charge in [0, 0.05) is 0 Å². The Morgan fingerprint density at radius 2 is 1.00 bits per heavy atom. The molecule has 0 amide bonds. The summed E-state index contributed by atoms with van der Waals surface area (Å²) in [6.07, 6.45) is 24.6. The maximum atomic E-state index is 10.9. The van der Waals surface area contributed by atoms with Gasteiger partial charge in [-0.25, -0.2) is 4.79 Å². The topological polar surface area (TPSA) is 77.8 Å². The third kappa shape index (κ3) is 12.7. The van der Waals surface area contributed by atoms with Crippen LogP contribution < -0.4 is 0 Å². The summed E-state index contributed by atoms with van der Waals surface area (Å²) in [6, 6.07) is 2.97. The van der Waals surface area contributed by atoms with Gasteiger partial charge in [-0.2, -0.15) is 0 Å². The highest BCUT2D eigenvalue weighted by molar-refractivity contribution is 5.92. The van der Waals surface area contributed by atoms with Gasteiger partial charge in [-0.15, -0.1) is 0 Å². The number of aryl methyl sites for hydroxylation is 1. The van der Waals surface area contributed by atoms with Crippen molar-refractivity contribution in [2.75, 3.05) is 0 Å². The van der Waals surface area contributed by atoms with Gasteiger partial charge in [-0.3, -0.25) is 0 Å². The first kappa shape index (κ1) is 27.3. The first-order valence-corrected chi connectivity index (χ1v) is 12.8. The summed E-state index contributed by atoms with van der Waals surface area (Å²) in [5.41, 5.74) is 0.373. The molecule has 0 saturated carbocycles. The molecule has 0 aliphatic carbocycles. The lowest BCUT2D eigenvalue weighted by molar-refractivity contribution is 0.0693. The number of phenols is 2. The van der Waals surface area contributed by atoms with Crippen LogP contribution in [0.15, 0.2) is 12.1 Å². The number of aromatic carboxylic acids is 1. The minimum absolute atomic E-state index is 0.251. The van der Waals surface area contributed by atoms with Crippen molar-refractivity contribution in [2.45, 2.75) is 129 Å². The third-order valence-corrected chi connectivity index (χ3v) is 6.26. The van der Waals surface area contributed by atoms with Crippen LogP contribution in [0, 0.1) is 0 Å². The van der Waals surface area contributed by atoms with Crippen molar-refractivity contribution in [3.63, 3.8) is 0 Å². The number of carbonyl (C=O) groups is 1. The van der Waals surface area contributed by atoms with Crippen LogP contribution in [0.2, 0.25) is 0 Å². The molecule has 178 valence electrons. The van der Waals surface area contributed by atoms with Crippen LogP contribution in [0.1, 0.15) is 138 Å². The molecule has 1 aromatic rings. The largest absolute Gasteiger partial charge is 0.504 e. The second-order valence-electron chi connectivity index (χ2n) is 9.04. The van der Waals surface area contributed by atoms with E-state index < -0.39 is 11.7 Å². The monoisotopic (exact) mass is 434 g/mol. The van der Waals surface area contributed by atoms with E-state index in [2.05, 4.69) is 6.92 Å². The van der Waals surface area contributed by atoms with E-state index in [1.807, 2.05) is 0 Å². The molecule has 0 atom stereocenters. The number of hydrogen-bond donors (Lipinski definition) is 3. The van der Waals surface area contributed by atoms with Crippen molar-refractivity contribution in [1.29, 1.82) is 0 Å². The van der Waals surface area contributed by atoms with Gasteiger partial charge in [-0.05, 0) is 24.5 Å². The Morgan fingerprint density at radius 3 is 1.39 bits per heavy atom. The van der Waals surface area contributed by atoms with E-state index in [-0.39, 0.29) is 11.3 Å². The lowest BCUT2D eigenvalue weighted by atomic mass is 10.0. The molecular weight excluding hydrogens is 388 g/mol. The van der Waals surface area contributed by atoms with Gasteiger partial charge in [0.25, 0.3) is 0 Å². The van der Waals surface area contributed by atoms with Crippen molar-refractivity contribution >= 4 is 5.97 Å². The standard InChI is InChI=1S/C27H46O4/c1-2-3-4-5-6-7-8-9-10-11-12-13-14-15-16-17-18-19-20-23-21-22-24(27(30)31)26(29)25(23)28/h21-22,28-29H,2-20H2,1H3,(H,30,31). The molecule has 1 aromatic carbocycles. The maximum absolute atomic E-state index is 10.9. The van der Waals surface area contributed by atoms with Gasteiger partial charge in [0.15, 0.2) is 11.5 Å². The van der Waals surface area contributed by atoms with Crippen LogP contribution >= 0.6 is 0 Å². The molecule has 3 N–H and O–H groups in total. The SMILES string of the molecule is CCCCCCCCCCCCCCCCCCCCc1ccc(C(=O)O)c(O)c1O. The second kappa shape index (κ2) is 17.9. The molecule has 0 bridgehead atoms. The summed E-state index contributed by atoms with van der Waals surface area (Å²) >= 11 is 0. The Bertz CT molecular complexity index is 597. The molecule has 0 radical (unpaired) electrons. The number of carboxylic acids is 1. The summed E-state index contributed by atoms with van der Waals surface area (Å²) in [4.78, 5) is 10.9. The quantitative estimate of drug-likeness (QED) is 0.142. The lowest BCUT2D eigenvalue weighted by Gasteiger charge is -2.08. The van der Waals surface area contributed by atoms with Gasteiger partial charge in [0.05, 0.1) is 0 Å². The van der Waals surface area contributed by atoms with Crippen LogP contribution in [-0.4, -0.2) is 21.3 Å². The summed E-state index contributed by atoms with van der Waals surface area (Å²) in [5, 5.41) is 28.7. The van der Waals surface area contributed by atoms with Crippen molar-refractivity contribution in [3.8, 4) is 11.5 Å². The number of phenolic OH excluding ortho intramolecular Hbond substituents is 1. The van der Waals surface area contributed by atoms with Crippen molar-refractivity contribution in [2.24, 2.45) is 0 Å². The molecule has 0 heterocycles. The zero-order valence-corrected chi connectivity index (χ0v) is 19.8. The molecule has 0 fully saturated rings. The first-order chi connectivity index (χ1) is 15.1. The fourth-order valence-corrected chi connectivity index (χ4v) is 4.21. The normalized spacial score (nSPS) is 11.1. The highest BCUT2D eigenvalue weighted by Crippen LogP contribution is 2.33. The predicted molar refractivity (Wildman–Crippen MR) is 129 cm³/mol. The molecule has 0 aliphatic rings. The minimum atomic E-state index is -1.23. The fourth-order valence-electron chi connectivity index (χ4n) is 4.21. The van der Waals surface area contributed by atoms with Crippen LogP contribution in [0.25, 0.3) is 0 Å². The molecule has 0 aromatic heterocycles. The molecule has 0 spiro atoms. The van der Waals surface area contributed by atoms with Gasteiger partial charge < -0.3 is 15.3 Å². The molecular formula is C27H46O4. The molecule has 0 unspecified atom stereocenters. The third-order valence-electron chi connectivity index (χ3n) is 6.26. The van der Waals surface area contributed by atoms with Crippen LogP contribution in [-0.2, 0) is 6.42 Å². The smallest absolute Gasteiger partial charge is 0.339 e. The molecule has 1 rings (SSSR count). The minimum Gasteiger partial charge on any atom is -0.504 e. The van der Waals surface area contributed by atoms with Crippen molar-refractivity contribution < 1.29 is 20.1 Å². The zero-order chi connectivity index (χ0) is 22.7. The van der Waals surface area contributed by atoms with E-state index >= 15 is 0 Å².